The Balaban J connectivity index is 1.79. The summed E-state index contributed by atoms with van der Waals surface area (Å²) < 4.78 is 0. The van der Waals surface area contributed by atoms with Crippen LogP contribution >= 0.6 is 11.8 Å². The molecule has 0 aromatic carbocycles. The number of nitrogens with one attached hydrogen (secondary N) is 2. The van der Waals surface area contributed by atoms with E-state index in [0.29, 0.717) is 11.3 Å². The molecule has 4 heteroatoms. The smallest absolute Gasteiger partial charge is 0.237 e. The largest absolute Gasteiger partial charge is 0.351 e. The van der Waals surface area contributed by atoms with Crippen LogP contribution in [0.1, 0.15) is 32.6 Å². The van der Waals surface area contributed by atoms with E-state index in [1.807, 2.05) is 11.8 Å². The van der Waals surface area contributed by atoms with E-state index in [4.69, 9.17) is 0 Å². The SMILES string of the molecule is CCSC1CCCC1NC(=O)[C@H]1CCN1. The van der Waals surface area contributed by atoms with Crippen LogP contribution in [-0.4, -0.2) is 35.5 Å². The fourth-order valence-electron chi connectivity index (χ4n) is 2.30. The van der Waals surface area contributed by atoms with E-state index in [-0.39, 0.29) is 11.9 Å². The third kappa shape index (κ3) is 2.67. The molecule has 0 aromatic heterocycles. The number of hydrogen-bond acceptors (Lipinski definition) is 3. The molecule has 2 rings (SSSR count). The number of hydrogen-bond donors (Lipinski definition) is 2. The van der Waals surface area contributed by atoms with Crippen LogP contribution in [0, 0.1) is 0 Å². The van der Waals surface area contributed by atoms with Crippen LogP contribution in [0.2, 0.25) is 0 Å². The van der Waals surface area contributed by atoms with Gasteiger partial charge in [-0.1, -0.05) is 13.3 Å². The van der Waals surface area contributed by atoms with Crippen molar-refractivity contribution in [2.45, 2.75) is 49.9 Å². The minimum atomic E-state index is 0.0953. The van der Waals surface area contributed by atoms with Crippen LogP contribution < -0.4 is 10.6 Å². The average Bonchev–Trinajstić information content (AvgIpc) is 2.50. The highest BCUT2D eigenvalue weighted by atomic mass is 32.2. The first-order valence-electron chi connectivity index (χ1n) is 5.96. The maximum atomic E-state index is 11.7. The molecular weight excluding hydrogens is 208 g/mol. The zero-order chi connectivity index (χ0) is 10.7. The molecule has 2 unspecified atom stereocenters. The predicted molar refractivity (Wildman–Crippen MR) is 64.1 cm³/mol. The van der Waals surface area contributed by atoms with Crippen LogP contribution in [-0.2, 0) is 4.79 Å². The first-order chi connectivity index (χ1) is 7.31. The maximum Gasteiger partial charge on any atom is 0.237 e. The van der Waals surface area contributed by atoms with Crippen molar-refractivity contribution in [1.82, 2.24) is 10.6 Å². The summed E-state index contributed by atoms with van der Waals surface area (Å²) in [6.45, 7) is 3.19. The van der Waals surface area contributed by atoms with E-state index in [2.05, 4.69) is 17.6 Å². The minimum absolute atomic E-state index is 0.0953. The van der Waals surface area contributed by atoms with Crippen LogP contribution in [0.4, 0.5) is 0 Å². The minimum Gasteiger partial charge on any atom is -0.351 e. The second-order valence-corrected chi connectivity index (χ2v) is 5.85. The molecule has 1 heterocycles. The Morgan fingerprint density at radius 2 is 2.27 bits per heavy atom. The summed E-state index contributed by atoms with van der Waals surface area (Å²) in [5.41, 5.74) is 0. The van der Waals surface area contributed by atoms with E-state index >= 15 is 0 Å². The van der Waals surface area contributed by atoms with Crippen molar-refractivity contribution in [2.24, 2.45) is 0 Å². The highest BCUT2D eigenvalue weighted by Gasteiger charge is 2.32. The summed E-state index contributed by atoms with van der Waals surface area (Å²) in [6.07, 6.45) is 4.70. The average molecular weight is 228 g/mol. The highest BCUT2D eigenvalue weighted by molar-refractivity contribution is 7.99. The number of amides is 1. The van der Waals surface area contributed by atoms with E-state index in [9.17, 15) is 4.79 Å². The van der Waals surface area contributed by atoms with Gasteiger partial charge >= 0.3 is 0 Å². The molecule has 2 aliphatic rings. The van der Waals surface area contributed by atoms with E-state index in [1.165, 1.54) is 12.8 Å². The summed E-state index contributed by atoms with van der Waals surface area (Å²) in [6, 6.07) is 0.516. The van der Waals surface area contributed by atoms with Gasteiger partial charge in [-0.15, -0.1) is 0 Å². The molecule has 1 amide bonds. The molecule has 0 radical (unpaired) electrons. The third-order valence-electron chi connectivity index (χ3n) is 3.30. The number of thioether (sulfide) groups is 1. The first kappa shape index (κ1) is 11.3. The molecule has 1 saturated carbocycles. The molecule has 1 saturated heterocycles. The number of rotatable bonds is 4. The van der Waals surface area contributed by atoms with Crippen LogP contribution in [0.5, 0.6) is 0 Å². The molecular formula is C11H20N2OS. The molecule has 3 nitrogen and oxygen atoms in total. The molecule has 1 aliphatic carbocycles. The van der Waals surface area contributed by atoms with Crippen molar-refractivity contribution in [1.29, 1.82) is 0 Å². The third-order valence-corrected chi connectivity index (χ3v) is 4.63. The molecule has 1 aliphatic heterocycles. The Labute approximate surface area is 95.8 Å². The van der Waals surface area contributed by atoms with Crippen molar-refractivity contribution in [3.8, 4) is 0 Å². The van der Waals surface area contributed by atoms with Crippen LogP contribution in [0.3, 0.4) is 0 Å². The molecule has 3 atom stereocenters. The Morgan fingerprint density at radius 1 is 1.47 bits per heavy atom. The molecule has 2 N–H and O–H groups in total. The standard InChI is InChI=1S/C11H20N2OS/c1-2-15-10-5-3-4-8(10)13-11(14)9-6-7-12-9/h8-10,12H,2-7H2,1H3,(H,13,14)/t8?,9-,10?/m1/s1. The second kappa shape index (κ2) is 5.21. The van der Waals surface area contributed by atoms with Crippen molar-refractivity contribution in [3.05, 3.63) is 0 Å². The molecule has 86 valence electrons. The lowest BCUT2D eigenvalue weighted by atomic mass is 10.1. The Kier molecular flexibility index (Phi) is 3.92. The van der Waals surface area contributed by atoms with Gasteiger partial charge in [0, 0.05) is 11.3 Å². The van der Waals surface area contributed by atoms with E-state index in [1.54, 1.807) is 0 Å². The summed E-state index contributed by atoms with van der Waals surface area (Å²) >= 11 is 1.99. The summed E-state index contributed by atoms with van der Waals surface area (Å²) in [5.74, 6) is 1.37. The highest BCUT2D eigenvalue weighted by Crippen LogP contribution is 2.29. The molecule has 2 fully saturated rings. The van der Waals surface area contributed by atoms with Gasteiger partial charge in [0.25, 0.3) is 0 Å². The molecule has 0 aromatic rings. The lowest BCUT2D eigenvalue weighted by Gasteiger charge is -2.29. The van der Waals surface area contributed by atoms with Crippen LogP contribution in [0.15, 0.2) is 0 Å². The van der Waals surface area contributed by atoms with Gasteiger partial charge in [0.2, 0.25) is 5.91 Å². The van der Waals surface area contributed by atoms with E-state index in [0.717, 1.165) is 25.1 Å². The number of carbonyl (C=O) groups excluding carboxylic acids is 1. The summed E-state index contributed by atoms with van der Waals surface area (Å²) in [7, 11) is 0. The topological polar surface area (TPSA) is 41.1 Å². The quantitative estimate of drug-likeness (QED) is 0.758. The molecule has 15 heavy (non-hydrogen) atoms. The van der Waals surface area contributed by atoms with Crippen LogP contribution in [0.25, 0.3) is 0 Å². The van der Waals surface area contributed by atoms with Gasteiger partial charge < -0.3 is 10.6 Å². The van der Waals surface area contributed by atoms with Gasteiger partial charge in [-0.2, -0.15) is 11.8 Å². The maximum absolute atomic E-state index is 11.7. The lowest BCUT2D eigenvalue weighted by Crippen LogP contribution is -2.55. The van der Waals surface area contributed by atoms with Crippen molar-refractivity contribution in [2.75, 3.05) is 12.3 Å². The van der Waals surface area contributed by atoms with Crippen molar-refractivity contribution >= 4 is 17.7 Å². The van der Waals surface area contributed by atoms with Gasteiger partial charge in [0.05, 0.1) is 6.04 Å². The van der Waals surface area contributed by atoms with Gasteiger partial charge in [0.15, 0.2) is 0 Å². The lowest BCUT2D eigenvalue weighted by molar-refractivity contribution is -0.125. The van der Waals surface area contributed by atoms with Crippen molar-refractivity contribution < 1.29 is 4.79 Å². The Morgan fingerprint density at radius 3 is 2.87 bits per heavy atom. The van der Waals surface area contributed by atoms with Gasteiger partial charge in [0.1, 0.15) is 0 Å². The summed E-state index contributed by atoms with van der Waals surface area (Å²) in [5, 5.41) is 6.99. The Hall–Kier alpha value is -0.220. The molecule has 0 spiro atoms. The fraction of sp³-hybridized carbons (Fsp3) is 0.909. The van der Waals surface area contributed by atoms with E-state index < -0.39 is 0 Å². The van der Waals surface area contributed by atoms with Gasteiger partial charge in [-0.3, -0.25) is 4.79 Å². The van der Waals surface area contributed by atoms with Gasteiger partial charge in [-0.05, 0) is 31.6 Å². The number of carbonyl (C=O) groups is 1. The van der Waals surface area contributed by atoms with Gasteiger partial charge in [-0.25, -0.2) is 0 Å². The zero-order valence-electron chi connectivity index (χ0n) is 9.29. The Bertz CT molecular complexity index is 231. The fourth-order valence-corrected chi connectivity index (χ4v) is 3.50. The summed E-state index contributed by atoms with van der Waals surface area (Å²) in [4.78, 5) is 11.7. The normalized spacial score (nSPS) is 34.9. The zero-order valence-corrected chi connectivity index (χ0v) is 10.1. The molecule has 0 bridgehead atoms. The van der Waals surface area contributed by atoms with Crippen molar-refractivity contribution in [3.63, 3.8) is 0 Å². The first-order valence-corrected chi connectivity index (χ1v) is 7.01. The monoisotopic (exact) mass is 228 g/mol. The predicted octanol–water partition coefficient (Wildman–Crippen LogP) is 1.14. The second-order valence-electron chi connectivity index (χ2n) is 4.34.